The highest BCUT2D eigenvalue weighted by atomic mass is 32.2. The molecule has 0 aliphatic rings. The Morgan fingerprint density at radius 2 is 2.12 bits per heavy atom. The van der Waals surface area contributed by atoms with Gasteiger partial charge < -0.3 is 18.3 Å². The van der Waals surface area contributed by atoms with E-state index in [1.165, 1.54) is 11.8 Å². The van der Waals surface area contributed by atoms with Gasteiger partial charge in [-0.05, 0) is 25.1 Å². The monoisotopic (exact) mass is 346 g/mol. The number of thioether (sulfide) groups is 1. The van der Waals surface area contributed by atoms with E-state index in [0.29, 0.717) is 11.7 Å². The minimum atomic E-state index is 0.000409. The Kier molecular flexibility index (Phi) is 4.75. The van der Waals surface area contributed by atoms with Crippen LogP contribution in [-0.2, 0) is 18.4 Å². The van der Waals surface area contributed by atoms with Crippen molar-refractivity contribution in [2.24, 2.45) is 7.05 Å². The molecule has 0 radical (unpaired) electrons. The maximum Gasteiger partial charge on any atom is 0.233 e. The summed E-state index contributed by atoms with van der Waals surface area (Å²) in [6, 6.07) is 5.51. The lowest BCUT2D eigenvalue weighted by molar-refractivity contribution is -0.127. The highest BCUT2D eigenvalue weighted by Crippen LogP contribution is 2.25. The lowest BCUT2D eigenvalue weighted by atomic mass is 10.2. The number of amides is 1. The molecule has 126 valence electrons. The van der Waals surface area contributed by atoms with Crippen molar-refractivity contribution >= 4 is 17.7 Å². The van der Waals surface area contributed by atoms with Gasteiger partial charge in [0.15, 0.2) is 11.0 Å². The number of aromatic nitrogens is 3. The number of hydrogen-bond acceptors (Lipinski definition) is 6. The topological polar surface area (TPSA) is 77.3 Å². The third-order valence-electron chi connectivity index (χ3n) is 3.66. The molecule has 3 rings (SSSR count). The number of hydrogen-bond donors (Lipinski definition) is 0. The van der Waals surface area contributed by atoms with Gasteiger partial charge >= 0.3 is 0 Å². The molecule has 8 heteroatoms. The quantitative estimate of drug-likeness (QED) is 0.639. The maximum atomic E-state index is 12.2. The largest absolute Gasteiger partial charge is 0.469 e. The summed E-state index contributed by atoms with van der Waals surface area (Å²) >= 11 is 1.36. The molecule has 0 aromatic carbocycles. The van der Waals surface area contributed by atoms with Gasteiger partial charge in [0.1, 0.15) is 11.5 Å². The van der Waals surface area contributed by atoms with Crippen LogP contribution in [0.2, 0.25) is 0 Å². The number of rotatable bonds is 6. The van der Waals surface area contributed by atoms with Crippen LogP contribution in [0, 0.1) is 6.92 Å². The molecule has 0 unspecified atom stereocenters. The highest BCUT2D eigenvalue weighted by molar-refractivity contribution is 7.99. The number of carbonyl (C=O) groups is 1. The number of nitrogens with zero attached hydrogens (tertiary/aromatic N) is 4. The Labute approximate surface area is 143 Å². The molecule has 0 atom stereocenters. The zero-order valence-corrected chi connectivity index (χ0v) is 14.5. The van der Waals surface area contributed by atoms with Crippen molar-refractivity contribution in [1.82, 2.24) is 19.7 Å². The molecule has 0 aliphatic carbocycles. The summed E-state index contributed by atoms with van der Waals surface area (Å²) in [7, 11) is 3.63. The van der Waals surface area contributed by atoms with E-state index in [9.17, 15) is 4.79 Å². The van der Waals surface area contributed by atoms with Crippen molar-refractivity contribution in [2.45, 2.75) is 18.6 Å². The molecular formula is C16H18N4O3S. The fraction of sp³-hybridized carbons (Fsp3) is 0.312. The van der Waals surface area contributed by atoms with Crippen molar-refractivity contribution < 1.29 is 13.6 Å². The van der Waals surface area contributed by atoms with E-state index in [1.54, 1.807) is 30.5 Å². The molecule has 1 amide bonds. The first-order valence-corrected chi connectivity index (χ1v) is 8.38. The van der Waals surface area contributed by atoms with Gasteiger partial charge in [0.2, 0.25) is 5.91 Å². The van der Waals surface area contributed by atoms with Crippen LogP contribution in [0.15, 0.2) is 44.7 Å². The molecule has 0 saturated carbocycles. The van der Waals surface area contributed by atoms with Gasteiger partial charge in [0, 0.05) is 14.1 Å². The average Bonchev–Trinajstić information content (AvgIpc) is 3.28. The SMILES string of the molecule is Cc1occc1-c1nnc(SCC(=O)N(C)Cc2ccco2)n1C. The van der Waals surface area contributed by atoms with Crippen molar-refractivity contribution in [1.29, 1.82) is 0 Å². The van der Waals surface area contributed by atoms with Crippen LogP contribution in [0.1, 0.15) is 11.5 Å². The van der Waals surface area contributed by atoms with E-state index >= 15 is 0 Å². The zero-order valence-electron chi connectivity index (χ0n) is 13.7. The smallest absolute Gasteiger partial charge is 0.233 e. The summed E-state index contributed by atoms with van der Waals surface area (Å²) in [6.07, 6.45) is 3.22. The standard InChI is InChI=1S/C16H18N4O3S/c1-11-13(6-8-22-11)15-17-18-16(20(15)3)24-10-14(21)19(2)9-12-5-4-7-23-12/h4-8H,9-10H2,1-3H3. The van der Waals surface area contributed by atoms with Gasteiger partial charge in [-0.3, -0.25) is 4.79 Å². The van der Waals surface area contributed by atoms with Crippen LogP contribution in [0.25, 0.3) is 11.4 Å². The molecule has 24 heavy (non-hydrogen) atoms. The first-order chi connectivity index (χ1) is 11.6. The second-order valence-electron chi connectivity index (χ2n) is 5.37. The molecule has 0 bridgehead atoms. The molecule has 3 aromatic rings. The number of aryl methyl sites for hydroxylation is 1. The fourth-order valence-corrected chi connectivity index (χ4v) is 3.10. The Morgan fingerprint density at radius 1 is 1.29 bits per heavy atom. The van der Waals surface area contributed by atoms with E-state index in [0.717, 1.165) is 22.9 Å². The van der Waals surface area contributed by atoms with E-state index in [1.807, 2.05) is 30.7 Å². The van der Waals surface area contributed by atoms with Crippen LogP contribution < -0.4 is 0 Å². The molecule has 0 aliphatic heterocycles. The van der Waals surface area contributed by atoms with Crippen molar-refractivity contribution in [3.05, 3.63) is 42.2 Å². The van der Waals surface area contributed by atoms with Gasteiger partial charge in [0.05, 0.1) is 30.4 Å². The van der Waals surface area contributed by atoms with E-state index in [2.05, 4.69) is 10.2 Å². The maximum absolute atomic E-state index is 12.2. The summed E-state index contributed by atoms with van der Waals surface area (Å²) in [5.74, 6) is 2.55. The Bertz CT molecular complexity index is 822. The summed E-state index contributed by atoms with van der Waals surface area (Å²) < 4.78 is 12.4. The summed E-state index contributed by atoms with van der Waals surface area (Å²) in [6.45, 7) is 2.33. The number of furan rings is 2. The first kappa shape index (κ1) is 16.4. The predicted molar refractivity (Wildman–Crippen MR) is 89.3 cm³/mol. The Morgan fingerprint density at radius 3 is 2.79 bits per heavy atom. The van der Waals surface area contributed by atoms with Crippen LogP contribution in [0.5, 0.6) is 0 Å². The van der Waals surface area contributed by atoms with Crippen molar-refractivity contribution in [3.8, 4) is 11.4 Å². The summed E-state index contributed by atoms with van der Waals surface area (Å²) in [4.78, 5) is 13.9. The molecule has 7 nitrogen and oxygen atoms in total. The minimum absolute atomic E-state index is 0.000409. The van der Waals surface area contributed by atoms with Gasteiger partial charge in [0.25, 0.3) is 0 Å². The molecule has 0 spiro atoms. The van der Waals surface area contributed by atoms with E-state index < -0.39 is 0 Å². The van der Waals surface area contributed by atoms with Crippen LogP contribution in [0.4, 0.5) is 0 Å². The normalized spacial score (nSPS) is 11.0. The third-order valence-corrected chi connectivity index (χ3v) is 4.66. The Balaban J connectivity index is 1.62. The Hall–Kier alpha value is -2.48. The van der Waals surface area contributed by atoms with Gasteiger partial charge in [-0.1, -0.05) is 11.8 Å². The predicted octanol–water partition coefficient (Wildman–Crippen LogP) is 2.73. The second kappa shape index (κ2) is 6.96. The van der Waals surface area contributed by atoms with Gasteiger partial charge in [-0.15, -0.1) is 10.2 Å². The molecule has 3 aromatic heterocycles. The highest BCUT2D eigenvalue weighted by Gasteiger charge is 2.17. The number of carbonyl (C=O) groups excluding carboxylic acids is 1. The molecule has 3 heterocycles. The zero-order chi connectivity index (χ0) is 17.1. The molecule has 0 fully saturated rings. The lowest BCUT2D eigenvalue weighted by Crippen LogP contribution is -2.27. The second-order valence-corrected chi connectivity index (χ2v) is 6.32. The lowest BCUT2D eigenvalue weighted by Gasteiger charge is -2.15. The summed E-state index contributed by atoms with van der Waals surface area (Å²) in [5, 5.41) is 9.05. The minimum Gasteiger partial charge on any atom is -0.469 e. The third kappa shape index (κ3) is 3.38. The molecule has 0 N–H and O–H groups in total. The van der Waals surface area contributed by atoms with Gasteiger partial charge in [-0.2, -0.15) is 0 Å². The van der Waals surface area contributed by atoms with Crippen molar-refractivity contribution in [2.75, 3.05) is 12.8 Å². The molecule has 0 saturated heterocycles. The van der Waals surface area contributed by atoms with Crippen LogP contribution >= 0.6 is 11.8 Å². The molecular weight excluding hydrogens is 328 g/mol. The fourth-order valence-electron chi connectivity index (χ4n) is 2.25. The average molecular weight is 346 g/mol. The first-order valence-electron chi connectivity index (χ1n) is 7.39. The summed E-state index contributed by atoms with van der Waals surface area (Å²) in [5.41, 5.74) is 0.901. The van der Waals surface area contributed by atoms with Crippen LogP contribution in [-0.4, -0.2) is 38.4 Å². The van der Waals surface area contributed by atoms with E-state index in [-0.39, 0.29) is 11.7 Å². The van der Waals surface area contributed by atoms with Crippen LogP contribution in [0.3, 0.4) is 0 Å². The van der Waals surface area contributed by atoms with Crippen molar-refractivity contribution in [3.63, 3.8) is 0 Å². The van der Waals surface area contributed by atoms with E-state index in [4.69, 9.17) is 8.83 Å². The van der Waals surface area contributed by atoms with Gasteiger partial charge in [-0.25, -0.2) is 0 Å².